The number of nitrogens with zero attached hydrogens (tertiary/aromatic N) is 3. The van der Waals surface area contributed by atoms with E-state index in [1.54, 1.807) is 0 Å². The Bertz CT molecular complexity index is 416. The summed E-state index contributed by atoms with van der Waals surface area (Å²) in [5.41, 5.74) is 0.918. The van der Waals surface area contributed by atoms with Crippen molar-refractivity contribution in [3.05, 3.63) is 22.8 Å². The maximum absolute atomic E-state index is 6.16. The van der Waals surface area contributed by atoms with Crippen LogP contribution < -0.4 is 10.2 Å². The predicted octanol–water partition coefficient (Wildman–Crippen LogP) is 1.98. The first-order valence-corrected chi connectivity index (χ1v) is 7.21. The zero-order valence-corrected chi connectivity index (χ0v) is 12.7. The topological polar surface area (TPSA) is 31.4 Å². The fraction of sp³-hybridized carbons (Fsp3) is 0.643. The summed E-state index contributed by atoms with van der Waals surface area (Å²) < 4.78 is 0. The van der Waals surface area contributed by atoms with E-state index in [9.17, 15) is 0 Å². The highest BCUT2D eigenvalue weighted by Crippen LogP contribution is 2.23. The Labute approximate surface area is 120 Å². The quantitative estimate of drug-likeness (QED) is 0.915. The van der Waals surface area contributed by atoms with E-state index in [-0.39, 0.29) is 0 Å². The van der Waals surface area contributed by atoms with Crippen molar-refractivity contribution in [2.75, 3.05) is 39.1 Å². The van der Waals surface area contributed by atoms with E-state index in [1.165, 1.54) is 12.8 Å². The van der Waals surface area contributed by atoms with Gasteiger partial charge in [0.1, 0.15) is 5.82 Å². The van der Waals surface area contributed by atoms with Gasteiger partial charge in [-0.2, -0.15) is 0 Å². The summed E-state index contributed by atoms with van der Waals surface area (Å²) >= 11 is 6.16. The molecule has 1 aromatic heterocycles. The molecule has 0 spiro atoms. The second kappa shape index (κ2) is 6.55. The fourth-order valence-corrected chi connectivity index (χ4v) is 2.70. The van der Waals surface area contributed by atoms with Crippen LogP contribution in [-0.4, -0.2) is 50.2 Å². The van der Waals surface area contributed by atoms with Gasteiger partial charge < -0.3 is 15.1 Å². The van der Waals surface area contributed by atoms with Crippen LogP contribution in [0.3, 0.4) is 0 Å². The zero-order chi connectivity index (χ0) is 13.8. The molecule has 2 heterocycles. The molecule has 1 aliphatic rings. The van der Waals surface area contributed by atoms with Gasteiger partial charge in [0.2, 0.25) is 0 Å². The number of halogens is 1. The van der Waals surface area contributed by atoms with E-state index < -0.39 is 0 Å². The van der Waals surface area contributed by atoms with Crippen LogP contribution in [0.4, 0.5) is 5.82 Å². The molecule has 0 aromatic carbocycles. The lowest BCUT2D eigenvalue weighted by atomic mass is 10.0. The normalized spacial score (nSPS) is 17.7. The summed E-state index contributed by atoms with van der Waals surface area (Å²) in [5.74, 6) is 1.02. The van der Waals surface area contributed by atoms with Gasteiger partial charge in [0.25, 0.3) is 0 Å². The molecule has 2 rings (SSSR count). The Morgan fingerprint density at radius 1 is 1.42 bits per heavy atom. The van der Waals surface area contributed by atoms with Crippen molar-refractivity contribution < 1.29 is 0 Å². The molecular weight excluding hydrogens is 260 g/mol. The molecule has 0 atom stereocenters. The van der Waals surface area contributed by atoms with Gasteiger partial charge in [-0.1, -0.05) is 11.6 Å². The maximum atomic E-state index is 6.16. The van der Waals surface area contributed by atoms with Gasteiger partial charge in [0.05, 0.1) is 10.7 Å². The zero-order valence-electron chi connectivity index (χ0n) is 12.0. The molecule has 19 heavy (non-hydrogen) atoms. The highest BCUT2D eigenvalue weighted by Gasteiger charge is 2.21. The minimum atomic E-state index is 0.576. The molecule has 4 nitrogen and oxygen atoms in total. The number of piperidine rings is 1. The molecule has 1 aliphatic heterocycles. The molecule has 5 heteroatoms. The van der Waals surface area contributed by atoms with E-state index in [0.717, 1.165) is 29.6 Å². The van der Waals surface area contributed by atoms with Gasteiger partial charge in [0.15, 0.2) is 0 Å². The van der Waals surface area contributed by atoms with Gasteiger partial charge in [-0.25, -0.2) is 4.98 Å². The monoisotopic (exact) mass is 282 g/mol. The molecule has 0 radical (unpaired) electrons. The summed E-state index contributed by atoms with van der Waals surface area (Å²) in [5, 5.41) is 3.84. The third kappa shape index (κ3) is 3.59. The van der Waals surface area contributed by atoms with Crippen LogP contribution in [0.1, 0.15) is 18.5 Å². The van der Waals surface area contributed by atoms with Crippen molar-refractivity contribution in [1.29, 1.82) is 0 Å². The molecule has 1 aromatic rings. The van der Waals surface area contributed by atoms with E-state index >= 15 is 0 Å². The van der Waals surface area contributed by atoms with Crippen molar-refractivity contribution in [3.63, 3.8) is 0 Å². The molecule has 1 saturated heterocycles. The largest absolute Gasteiger partial charge is 0.357 e. The SMILES string of the molecule is CNCc1nc(N(C)C2CCN(C)CC2)ccc1Cl. The summed E-state index contributed by atoms with van der Waals surface area (Å²) in [6, 6.07) is 4.54. The third-order valence-corrected chi connectivity index (χ3v) is 4.19. The van der Waals surface area contributed by atoms with Crippen LogP contribution in [0, 0.1) is 0 Å². The summed E-state index contributed by atoms with van der Waals surface area (Å²) in [6.07, 6.45) is 2.39. The Morgan fingerprint density at radius 3 is 2.74 bits per heavy atom. The van der Waals surface area contributed by atoms with Gasteiger partial charge in [-0.15, -0.1) is 0 Å². The first-order valence-electron chi connectivity index (χ1n) is 6.83. The number of hydrogen-bond donors (Lipinski definition) is 1. The second-order valence-corrected chi connectivity index (χ2v) is 5.68. The Hall–Kier alpha value is -0.840. The Morgan fingerprint density at radius 2 is 2.11 bits per heavy atom. The number of rotatable bonds is 4. The molecule has 1 fully saturated rings. The maximum Gasteiger partial charge on any atom is 0.128 e. The lowest BCUT2D eigenvalue weighted by Gasteiger charge is -2.35. The molecule has 0 saturated carbocycles. The Kier molecular flexibility index (Phi) is 5.02. The van der Waals surface area contributed by atoms with Crippen LogP contribution in [0.5, 0.6) is 0 Å². The average Bonchev–Trinajstić information content (AvgIpc) is 2.41. The molecule has 0 bridgehead atoms. The van der Waals surface area contributed by atoms with E-state index in [4.69, 9.17) is 11.6 Å². The van der Waals surface area contributed by atoms with Gasteiger partial charge >= 0.3 is 0 Å². The lowest BCUT2D eigenvalue weighted by Crippen LogP contribution is -2.42. The third-order valence-electron chi connectivity index (χ3n) is 3.85. The van der Waals surface area contributed by atoms with Crippen LogP contribution in [-0.2, 0) is 6.54 Å². The van der Waals surface area contributed by atoms with Crippen molar-refractivity contribution in [3.8, 4) is 0 Å². The van der Waals surface area contributed by atoms with Gasteiger partial charge in [-0.3, -0.25) is 0 Å². The summed E-state index contributed by atoms with van der Waals surface area (Å²) in [6.45, 7) is 3.02. The van der Waals surface area contributed by atoms with Crippen molar-refractivity contribution in [1.82, 2.24) is 15.2 Å². The second-order valence-electron chi connectivity index (χ2n) is 5.27. The molecule has 0 amide bonds. The predicted molar refractivity (Wildman–Crippen MR) is 80.9 cm³/mol. The minimum Gasteiger partial charge on any atom is -0.357 e. The molecule has 1 N–H and O–H groups in total. The number of likely N-dealkylation sites (tertiary alicyclic amines) is 1. The van der Waals surface area contributed by atoms with Crippen LogP contribution in [0.2, 0.25) is 5.02 Å². The van der Waals surface area contributed by atoms with Crippen LogP contribution >= 0.6 is 11.6 Å². The standard InChI is InChI=1S/C14H23ClN4/c1-16-10-13-12(15)4-5-14(17-13)19(3)11-6-8-18(2)9-7-11/h4-5,11,16H,6-10H2,1-3H3. The van der Waals surface area contributed by atoms with Crippen molar-refractivity contribution in [2.24, 2.45) is 0 Å². The fourth-order valence-electron chi connectivity index (χ4n) is 2.53. The molecular formula is C14H23ClN4. The molecule has 106 valence electrons. The first kappa shape index (κ1) is 14.6. The van der Waals surface area contributed by atoms with Crippen LogP contribution in [0.15, 0.2) is 12.1 Å². The number of pyridine rings is 1. The minimum absolute atomic E-state index is 0.576. The number of anilines is 1. The number of nitrogens with one attached hydrogen (secondary N) is 1. The first-order chi connectivity index (χ1) is 9.11. The molecule has 0 aliphatic carbocycles. The van der Waals surface area contributed by atoms with Crippen LogP contribution in [0.25, 0.3) is 0 Å². The highest BCUT2D eigenvalue weighted by molar-refractivity contribution is 6.31. The van der Waals surface area contributed by atoms with Gasteiger partial charge in [-0.05, 0) is 52.2 Å². The average molecular weight is 283 g/mol. The highest BCUT2D eigenvalue weighted by atomic mass is 35.5. The molecule has 0 unspecified atom stereocenters. The van der Waals surface area contributed by atoms with Gasteiger partial charge in [0, 0.05) is 19.6 Å². The smallest absolute Gasteiger partial charge is 0.128 e. The van der Waals surface area contributed by atoms with Crippen molar-refractivity contribution in [2.45, 2.75) is 25.4 Å². The van der Waals surface area contributed by atoms with E-state index in [0.29, 0.717) is 12.6 Å². The summed E-state index contributed by atoms with van der Waals surface area (Å²) in [7, 11) is 6.22. The Balaban J connectivity index is 2.10. The van der Waals surface area contributed by atoms with E-state index in [2.05, 4.69) is 34.2 Å². The number of aromatic nitrogens is 1. The number of hydrogen-bond acceptors (Lipinski definition) is 4. The lowest BCUT2D eigenvalue weighted by molar-refractivity contribution is 0.252. The van der Waals surface area contributed by atoms with E-state index in [1.807, 2.05) is 19.2 Å². The van der Waals surface area contributed by atoms with Crippen molar-refractivity contribution >= 4 is 17.4 Å². The summed E-state index contributed by atoms with van der Waals surface area (Å²) in [4.78, 5) is 9.35.